The Hall–Kier alpha value is -2.43. The van der Waals surface area contributed by atoms with Crippen molar-refractivity contribution in [3.05, 3.63) is 65.2 Å². The number of benzene rings is 2. The third-order valence-corrected chi connectivity index (χ3v) is 3.05. The lowest BCUT2D eigenvalue weighted by atomic mass is 10.1. The van der Waals surface area contributed by atoms with Crippen LogP contribution < -0.4 is 10.6 Å². The summed E-state index contributed by atoms with van der Waals surface area (Å²) >= 11 is 0. The Balaban J connectivity index is 2.02. The molecular weight excluding hydrogens is 274 g/mol. The third-order valence-electron chi connectivity index (χ3n) is 3.05. The predicted octanol–water partition coefficient (Wildman–Crippen LogP) is 4.16. The molecule has 2 rings (SSSR count). The molecular formula is C16H16F2N2O. The minimum atomic E-state index is -0.682. The summed E-state index contributed by atoms with van der Waals surface area (Å²) in [4.78, 5) is 11.9. The molecule has 0 aliphatic carbocycles. The highest BCUT2D eigenvalue weighted by molar-refractivity contribution is 5.89. The van der Waals surface area contributed by atoms with Crippen molar-refractivity contribution in [2.45, 2.75) is 19.9 Å². The largest absolute Gasteiger partial charge is 0.331 e. The first-order chi connectivity index (χ1) is 9.95. The molecule has 0 fully saturated rings. The molecule has 21 heavy (non-hydrogen) atoms. The maximum Gasteiger partial charge on any atom is 0.319 e. The first-order valence-corrected chi connectivity index (χ1v) is 6.55. The van der Waals surface area contributed by atoms with Crippen molar-refractivity contribution in [2.24, 2.45) is 0 Å². The van der Waals surface area contributed by atoms with Crippen LogP contribution in [0.3, 0.4) is 0 Å². The maximum absolute atomic E-state index is 13.6. The van der Waals surface area contributed by atoms with E-state index in [4.69, 9.17) is 0 Å². The summed E-state index contributed by atoms with van der Waals surface area (Å²) in [7, 11) is 0. The van der Waals surface area contributed by atoms with E-state index in [1.165, 1.54) is 6.07 Å². The number of carbonyl (C=O) groups excluding carboxylic acids is 1. The number of anilines is 1. The quantitative estimate of drug-likeness (QED) is 0.875. The van der Waals surface area contributed by atoms with Crippen molar-refractivity contribution in [1.29, 1.82) is 0 Å². The molecule has 2 N–H and O–H groups in total. The number of rotatable bonds is 3. The van der Waals surface area contributed by atoms with Crippen LogP contribution >= 0.6 is 0 Å². The van der Waals surface area contributed by atoms with Crippen LogP contribution in [0.15, 0.2) is 42.5 Å². The van der Waals surface area contributed by atoms with Gasteiger partial charge in [0.05, 0.1) is 6.04 Å². The number of amides is 2. The molecule has 0 aliphatic rings. The lowest BCUT2D eigenvalue weighted by Crippen LogP contribution is -2.31. The summed E-state index contributed by atoms with van der Waals surface area (Å²) in [5.74, 6) is -1.33. The van der Waals surface area contributed by atoms with E-state index in [9.17, 15) is 13.6 Å². The van der Waals surface area contributed by atoms with Crippen LogP contribution in [0.2, 0.25) is 0 Å². The van der Waals surface area contributed by atoms with Gasteiger partial charge in [0.15, 0.2) is 0 Å². The first-order valence-electron chi connectivity index (χ1n) is 6.55. The molecule has 1 atom stereocenters. The zero-order chi connectivity index (χ0) is 15.4. The van der Waals surface area contributed by atoms with Crippen molar-refractivity contribution >= 4 is 11.7 Å². The molecule has 0 unspecified atom stereocenters. The van der Waals surface area contributed by atoms with Gasteiger partial charge in [-0.15, -0.1) is 0 Å². The molecule has 5 heteroatoms. The van der Waals surface area contributed by atoms with Gasteiger partial charge in [-0.3, -0.25) is 0 Å². The monoisotopic (exact) mass is 290 g/mol. The van der Waals surface area contributed by atoms with E-state index in [1.807, 2.05) is 25.1 Å². The van der Waals surface area contributed by atoms with Gasteiger partial charge in [0, 0.05) is 17.3 Å². The van der Waals surface area contributed by atoms with Crippen LogP contribution in [0.5, 0.6) is 0 Å². The summed E-state index contributed by atoms with van der Waals surface area (Å²) in [5, 5.41) is 5.28. The van der Waals surface area contributed by atoms with E-state index in [0.717, 1.165) is 17.7 Å². The third kappa shape index (κ3) is 4.02. The predicted molar refractivity (Wildman–Crippen MR) is 78.1 cm³/mol. The Bertz CT molecular complexity index is 658. The fraction of sp³-hybridized carbons (Fsp3) is 0.188. The van der Waals surface area contributed by atoms with Crippen molar-refractivity contribution in [3.8, 4) is 0 Å². The normalized spacial score (nSPS) is 11.8. The molecule has 2 aromatic rings. The summed E-state index contributed by atoms with van der Waals surface area (Å²) in [6, 6.07) is 9.59. The van der Waals surface area contributed by atoms with Gasteiger partial charge in [0.1, 0.15) is 11.6 Å². The van der Waals surface area contributed by atoms with E-state index in [1.54, 1.807) is 13.0 Å². The molecule has 110 valence electrons. The molecule has 2 amide bonds. The zero-order valence-electron chi connectivity index (χ0n) is 11.8. The molecule has 3 nitrogen and oxygen atoms in total. The maximum atomic E-state index is 13.6. The topological polar surface area (TPSA) is 41.1 Å². The highest BCUT2D eigenvalue weighted by Crippen LogP contribution is 2.18. The number of urea groups is 1. The molecule has 0 bridgehead atoms. The lowest BCUT2D eigenvalue weighted by molar-refractivity contribution is 0.249. The Kier molecular flexibility index (Phi) is 4.52. The minimum absolute atomic E-state index is 0.232. The second-order valence-electron chi connectivity index (χ2n) is 4.86. The second kappa shape index (κ2) is 6.35. The number of hydrogen-bond donors (Lipinski definition) is 2. The van der Waals surface area contributed by atoms with Gasteiger partial charge in [-0.1, -0.05) is 18.2 Å². The van der Waals surface area contributed by atoms with Crippen molar-refractivity contribution in [3.63, 3.8) is 0 Å². The Morgan fingerprint density at radius 3 is 2.57 bits per heavy atom. The van der Waals surface area contributed by atoms with Gasteiger partial charge in [0.2, 0.25) is 0 Å². The Labute approximate surface area is 122 Å². The van der Waals surface area contributed by atoms with E-state index in [2.05, 4.69) is 10.6 Å². The number of nitrogens with one attached hydrogen (secondary N) is 2. The van der Waals surface area contributed by atoms with E-state index < -0.39 is 23.7 Å². The summed E-state index contributed by atoms with van der Waals surface area (Å²) in [6.07, 6.45) is 0. The standard InChI is InChI=1S/C16H16F2N2O/c1-10-4-3-5-13(8-10)20-16(21)19-11(2)14-7-6-12(17)9-15(14)18/h3-9,11H,1-2H3,(H2,19,20,21)/t11-/m0/s1. The average Bonchev–Trinajstić information content (AvgIpc) is 2.38. The summed E-state index contributed by atoms with van der Waals surface area (Å²) in [6.45, 7) is 3.55. The van der Waals surface area contributed by atoms with Gasteiger partial charge >= 0.3 is 6.03 Å². The molecule has 0 saturated heterocycles. The number of aryl methyl sites for hydroxylation is 1. The number of carbonyl (C=O) groups is 1. The van der Waals surface area contributed by atoms with Gasteiger partial charge in [-0.25, -0.2) is 13.6 Å². The Morgan fingerprint density at radius 1 is 1.14 bits per heavy atom. The van der Waals surface area contributed by atoms with Gasteiger partial charge in [-0.05, 0) is 37.6 Å². The fourth-order valence-electron chi connectivity index (χ4n) is 2.02. The Morgan fingerprint density at radius 2 is 1.90 bits per heavy atom. The van der Waals surface area contributed by atoms with Crippen LogP contribution in [-0.2, 0) is 0 Å². The van der Waals surface area contributed by atoms with Crippen LogP contribution in [0.1, 0.15) is 24.1 Å². The fourth-order valence-corrected chi connectivity index (χ4v) is 2.02. The first kappa shape index (κ1) is 15.0. The van der Waals surface area contributed by atoms with Gasteiger partial charge < -0.3 is 10.6 Å². The molecule has 0 spiro atoms. The van der Waals surface area contributed by atoms with Crippen molar-refractivity contribution in [1.82, 2.24) is 5.32 Å². The smallest absolute Gasteiger partial charge is 0.319 e. The van der Waals surface area contributed by atoms with Gasteiger partial charge in [0.25, 0.3) is 0 Å². The minimum Gasteiger partial charge on any atom is -0.331 e. The highest BCUT2D eigenvalue weighted by atomic mass is 19.1. The molecule has 0 saturated carbocycles. The van der Waals surface area contributed by atoms with Crippen molar-refractivity contribution in [2.75, 3.05) is 5.32 Å². The van der Waals surface area contributed by atoms with Crippen LogP contribution in [-0.4, -0.2) is 6.03 Å². The summed E-state index contributed by atoms with van der Waals surface area (Å²) in [5.41, 5.74) is 1.90. The highest BCUT2D eigenvalue weighted by Gasteiger charge is 2.14. The SMILES string of the molecule is Cc1cccc(NC(=O)N[C@@H](C)c2ccc(F)cc2F)c1. The zero-order valence-corrected chi connectivity index (χ0v) is 11.8. The lowest BCUT2D eigenvalue weighted by Gasteiger charge is -2.16. The summed E-state index contributed by atoms with van der Waals surface area (Å²) < 4.78 is 26.5. The van der Waals surface area contributed by atoms with E-state index >= 15 is 0 Å². The van der Waals surface area contributed by atoms with Crippen molar-refractivity contribution < 1.29 is 13.6 Å². The van der Waals surface area contributed by atoms with Crippen LogP contribution in [0.25, 0.3) is 0 Å². The number of halogens is 2. The number of hydrogen-bond acceptors (Lipinski definition) is 1. The second-order valence-corrected chi connectivity index (χ2v) is 4.86. The molecule has 0 radical (unpaired) electrons. The van der Waals surface area contributed by atoms with Gasteiger partial charge in [-0.2, -0.15) is 0 Å². The molecule has 0 aliphatic heterocycles. The molecule has 2 aromatic carbocycles. The van der Waals surface area contributed by atoms with E-state index in [-0.39, 0.29) is 5.56 Å². The molecule has 0 aromatic heterocycles. The van der Waals surface area contributed by atoms with Crippen LogP contribution in [0, 0.1) is 18.6 Å². The van der Waals surface area contributed by atoms with E-state index in [0.29, 0.717) is 5.69 Å². The average molecular weight is 290 g/mol. The van der Waals surface area contributed by atoms with Crippen LogP contribution in [0.4, 0.5) is 19.3 Å². The molecule has 0 heterocycles.